The summed E-state index contributed by atoms with van der Waals surface area (Å²) < 4.78 is 23.5. The smallest absolute Gasteiger partial charge is 0.224 e. The van der Waals surface area contributed by atoms with E-state index >= 15 is 0 Å². The maximum atomic E-state index is 12.2. The molecular weight excluding hydrogens is 298 g/mol. The van der Waals surface area contributed by atoms with Crippen LogP contribution in [0.5, 0.6) is 0 Å². The highest BCUT2D eigenvalue weighted by Gasteiger charge is 2.40. The number of hydrogen-bond donors (Lipinski definition) is 1. The summed E-state index contributed by atoms with van der Waals surface area (Å²) in [4.78, 5) is 12.5. The van der Waals surface area contributed by atoms with Crippen LogP contribution in [0, 0.1) is 17.8 Å². The van der Waals surface area contributed by atoms with Crippen molar-refractivity contribution in [1.82, 2.24) is 0 Å². The van der Waals surface area contributed by atoms with Crippen LogP contribution in [0.4, 0.5) is 5.69 Å². The van der Waals surface area contributed by atoms with Gasteiger partial charge in [0.25, 0.3) is 0 Å². The molecular formula is C17H23NO3S. The molecule has 22 heavy (non-hydrogen) atoms. The van der Waals surface area contributed by atoms with Crippen molar-refractivity contribution in [2.45, 2.75) is 43.9 Å². The van der Waals surface area contributed by atoms with Gasteiger partial charge in [-0.3, -0.25) is 4.79 Å². The Kier molecular flexibility index (Phi) is 4.26. The number of amides is 1. The highest BCUT2D eigenvalue weighted by Crippen LogP contribution is 2.49. The molecule has 0 heterocycles. The zero-order valence-electron chi connectivity index (χ0n) is 12.9. The van der Waals surface area contributed by atoms with E-state index < -0.39 is 9.84 Å². The maximum Gasteiger partial charge on any atom is 0.224 e. The van der Waals surface area contributed by atoms with E-state index in [0.717, 1.165) is 11.8 Å². The van der Waals surface area contributed by atoms with Gasteiger partial charge in [0, 0.05) is 12.1 Å². The number of carbonyl (C=O) groups is 1. The number of fused-ring (bicyclic) bond motifs is 2. The van der Waals surface area contributed by atoms with Gasteiger partial charge < -0.3 is 5.32 Å². The predicted octanol–water partition coefficient (Wildman–Crippen LogP) is 3.25. The number of sulfone groups is 1. The number of benzene rings is 1. The fourth-order valence-electron chi connectivity index (χ4n) is 3.99. The molecule has 3 unspecified atom stereocenters. The molecule has 0 aliphatic heterocycles. The molecule has 2 bridgehead atoms. The lowest BCUT2D eigenvalue weighted by Gasteiger charge is -2.20. The Morgan fingerprint density at radius 2 is 1.91 bits per heavy atom. The molecule has 0 aromatic heterocycles. The Balaban J connectivity index is 1.58. The minimum atomic E-state index is -3.18. The SMILES string of the molecule is CCS(=O)(=O)c1ccc(NC(=O)CC2CC3CCC2C3)cc1. The van der Waals surface area contributed by atoms with Crippen molar-refractivity contribution < 1.29 is 13.2 Å². The molecule has 5 heteroatoms. The van der Waals surface area contributed by atoms with E-state index in [4.69, 9.17) is 0 Å². The average molecular weight is 321 g/mol. The second kappa shape index (κ2) is 6.03. The van der Waals surface area contributed by atoms with Gasteiger partial charge in [-0.2, -0.15) is 0 Å². The van der Waals surface area contributed by atoms with Gasteiger partial charge in [-0.15, -0.1) is 0 Å². The lowest BCUT2D eigenvalue weighted by atomic mass is 9.86. The molecule has 0 radical (unpaired) electrons. The lowest BCUT2D eigenvalue weighted by Crippen LogP contribution is -2.20. The monoisotopic (exact) mass is 321 g/mol. The van der Waals surface area contributed by atoms with E-state index in [1.54, 1.807) is 31.2 Å². The molecule has 0 spiro atoms. The summed E-state index contributed by atoms with van der Waals surface area (Å²) >= 11 is 0. The van der Waals surface area contributed by atoms with Crippen LogP contribution >= 0.6 is 0 Å². The Hall–Kier alpha value is -1.36. The molecule has 4 nitrogen and oxygen atoms in total. The third kappa shape index (κ3) is 3.19. The van der Waals surface area contributed by atoms with E-state index in [0.29, 0.717) is 22.9 Å². The molecule has 2 aliphatic carbocycles. The zero-order chi connectivity index (χ0) is 15.7. The second-order valence-corrected chi connectivity index (χ2v) is 8.89. The van der Waals surface area contributed by atoms with Crippen molar-refractivity contribution in [3.63, 3.8) is 0 Å². The Morgan fingerprint density at radius 3 is 2.45 bits per heavy atom. The van der Waals surface area contributed by atoms with Gasteiger partial charge in [0.15, 0.2) is 9.84 Å². The summed E-state index contributed by atoms with van der Waals surface area (Å²) in [5, 5.41) is 2.89. The minimum absolute atomic E-state index is 0.0450. The maximum absolute atomic E-state index is 12.2. The van der Waals surface area contributed by atoms with Crippen LogP contribution in [0.3, 0.4) is 0 Å². The van der Waals surface area contributed by atoms with Crippen LogP contribution in [-0.2, 0) is 14.6 Å². The van der Waals surface area contributed by atoms with Gasteiger partial charge in [-0.25, -0.2) is 8.42 Å². The van der Waals surface area contributed by atoms with Crippen molar-refractivity contribution in [3.05, 3.63) is 24.3 Å². The molecule has 3 rings (SSSR count). The quantitative estimate of drug-likeness (QED) is 0.905. The van der Waals surface area contributed by atoms with Crippen molar-refractivity contribution in [3.8, 4) is 0 Å². The third-order valence-electron chi connectivity index (χ3n) is 5.21. The normalized spacial score (nSPS) is 27.0. The van der Waals surface area contributed by atoms with Gasteiger partial charge in [0.05, 0.1) is 10.6 Å². The largest absolute Gasteiger partial charge is 0.326 e. The van der Waals surface area contributed by atoms with E-state index in [-0.39, 0.29) is 11.7 Å². The molecule has 1 aromatic rings. The Morgan fingerprint density at radius 1 is 1.18 bits per heavy atom. The van der Waals surface area contributed by atoms with E-state index in [9.17, 15) is 13.2 Å². The molecule has 0 saturated heterocycles. The van der Waals surface area contributed by atoms with Crippen molar-refractivity contribution in [2.24, 2.45) is 17.8 Å². The van der Waals surface area contributed by atoms with Crippen LogP contribution in [0.15, 0.2) is 29.2 Å². The summed E-state index contributed by atoms with van der Waals surface area (Å²) in [6, 6.07) is 6.46. The van der Waals surface area contributed by atoms with Crippen LogP contribution in [0.25, 0.3) is 0 Å². The first-order chi connectivity index (χ1) is 10.5. The molecule has 2 aliphatic rings. The number of anilines is 1. The van der Waals surface area contributed by atoms with Gasteiger partial charge in [-0.1, -0.05) is 13.3 Å². The highest BCUT2D eigenvalue weighted by atomic mass is 32.2. The standard InChI is InChI=1S/C17H23NO3S/c1-2-22(20,21)16-7-5-15(6-8-16)18-17(19)11-14-10-12-3-4-13(14)9-12/h5-8,12-14H,2-4,9-11H2,1H3,(H,18,19). The summed E-state index contributed by atoms with van der Waals surface area (Å²) in [6.07, 6.45) is 5.73. The summed E-state index contributed by atoms with van der Waals surface area (Å²) in [7, 11) is -3.18. The summed E-state index contributed by atoms with van der Waals surface area (Å²) in [6.45, 7) is 1.63. The number of hydrogen-bond acceptors (Lipinski definition) is 3. The third-order valence-corrected chi connectivity index (χ3v) is 6.96. The average Bonchev–Trinajstić information content (AvgIpc) is 3.10. The Labute approximate surface area is 132 Å². The van der Waals surface area contributed by atoms with Gasteiger partial charge >= 0.3 is 0 Å². The molecule has 2 saturated carbocycles. The van der Waals surface area contributed by atoms with Crippen molar-refractivity contribution in [2.75, 3.05) is 11.1 Å². The molecule has 1 aromatic carbocycles. The first kappa shape index (κ1) is 15.5. The van der Waals surface area contributed by atoms with E-state index in [1.807, 2.05) is 0 Å². The summed E-state index contributed by atoms with van der Waals surface area (Å²) in [5.41, 5.74) is 0.670. The molecule has 3 atom stereocenters. The van der Waals surface area contributed by atoms with Crippen LogP contribution < -0.4 is 5.32 Å². The topological polar surface area (TPSA) is 63.2 Å². The molecule has 1 N–H and O–H groups in total. The zero-order valence-corrected chi connectivity index (χ0v) is 13.7. The fraction of sp³-hybridized carbons (Fsp3) is 0.588. The van der Waals surface area contributed by atoms with Crippen LogP contribution in [0.1, 0.15) is 39.0 Å². The van der Waals surface area contributed by atoms with Crippen molar-refractivity contribution in [1.29, 1.82) is 0 Å². The summed E-state index contributed by atoms with van der Waals surface area (Å²) in [5.74, 6) is 2.26. The first-order valence-corrected chi connectivity index (χ1v) is 9.76. The van der Waals surface area contributed by atoms with Crippen LogP contribution in [-0.4, -0.2) is 20.1 Å². The van der Waals surface area contributed by atoms with Gasteiger partial charge in [0.1, 0.15) is 0 Å². The first-order valence-electron chi connectivity index (χ1n) is 8.10. The highest BCUT2D eigenvalue weighted by molar-refractivity contribution is 7.91. The second-order valence-electron chi connectivity index (χ2n) is 6.62. The fourth-order valence-corrected chi connectivity index (χ4v) is 4.87. The predicted molar refractivity (Wildman–Crippen MR) is 86.4 cm³/mol. The number of rotatable bonds is 5. The molecule has 2 fully saturated rings. The van der Waals surface area contributed by atoms with Crippen LogP contribution in [0.2, 0.25) is 0 Å². The minimum Gasteiger partial charge on any atom is -0.326 e. The van der Waals surface area contributed by atoms with E-state index in [1.165, 1.54) is 25.7 Å². The van der Waals surface area contributed by atoms with Gasteiger partial charge in [0.2, 0.25) is 5.91 Å². The lowest BCUT2D eigenvalue weighted by molar-refractivity contribution is -0.117. The number of nitrogens with one attached hydrogen (secondary N) is 1. The number of carbonyl (C=O) groups excluding carboxylic acids is 1. The van der Waals surface area contributed by atoms with Gasteiger partial charge in [-0.05, 0) is 61.3 Å². The van der Waals surface area contributed by atoms with E-state index in [2.05, 4.69) is 5.32 Å². The molecule has 120 valence electrons. The molecule has 1 amide bonds. The van der Waals surface area contributed by atoms with Crippen molar-refractivity contribution >= 4 is 21.4 Å². The Bertz CT molecular complexity index is 651.